The van der Waals surface area contributed by atoms with Crippen molar-refractivity contribution in [3.05, 3.63) is 78.5 Å². The quantitative estimate of drug-likeness (QED) is 0.509. The largest absolute Gasteiger partial charge is 0.326 e. The van der Waals surface area contributed by atoms with E-state index in [1.165, 1.54) is 0 Å². The Morgan fingerprint density at radius 3 is 2.40 bits per heavy atom. The van der Waals surface area contributed by atoms with Crippen molar-refractivity contribution in [1.82, 2.24) is 14.5 Å². The minimum absolute atomic E-state index is 0.846. The molecule has 0 N–H and O–H groups in total. The van der Waals surface area contributed by atoms with Gasteiger partial charge < -0.3 is 4.57 Å². The zero-order valence-electron chi connectivity index (χ0n) is 14.2. The zero-order valence-corrected chi connectivity index (χ0v) is 14.2. The zero-order chi connectivity index (χ0) is 17.2. The number of fused-ring (bicyclic) bond motifs is 1. The molecule has 122 valence electrons. The fourth-order valence-electron chi connectivity index (χ4n) is 2.89. The summed E-state index contributed by atoms with van der Waals surface area (Å²) >= 11 is 0. The lowest BCUT2D eigenvalue weighted by atomic mass is 10.2. The van der Waals surface area contributed by atoms with Crippen molar-refractivity contribution >= 4 is 22.4 Å². The summed E-state index contributed by atoms with van der Waals surface area (Å²) in [4.78, 5) is 14.2. The van der Waals surface area contributed by atoms with Crippen molar-refractivity contribution in [2.24, 2.45) is 12.0 Å². The Kier molecular flexibility index (Phi) is 3.86. The average Bonchev–Trinajstić information content (AvgIpc) is 3.00. The molecule has 0 bridgehead atoms. The van der Waals surface area contributed by atoms with Crippen LogP contribution in [0.4, 0.5) is 5.69 Å². The van der Waals surface area contributed by atoms with Crippen molar-refractivity contribution in [3.63, 3.8) is 0 Å². The Hall–Kier alpha value is -3.27. The molecule has 4 rings (SSSR count). The van der Waals surface area contributed by atoms with Gasteiger partial charge in [0.25, 0.3) is 0 Å². The first-order valence-corrected chi connectivity index (χ1v) is 8.22. The minimum atomic E-state index is 0.846. The molecule has 4 nitrogen and oxygen atoms in total. The average molecular weight is 326 g/mol. The topological polar surface area (TPSA) is 43.1 Å². The van der Waals surface area contributed by atoms with Gasteiger partial charge in [-0.25, -0.2) is 9.97 Å². The van der Waals surface area contributed by atoms with Gasteiger partial charge in [-0.1, -0.05) is 36.4 Å². The van der Waals surface area contributed by atoms with Gasteiger partial charge >= 0.3 is 0 Å². The third kappa shape index (κ3) is 2.94. The summed E-state index contributed by atoms with van der Waals surface area (Å²) in [5.74, 6) is 0.857. The number of benzene rings is 2. The molecule has 2 aromatic heterocycles. The van der Waals surface area contributed by atoms with Gasteiger partial charge in [0.05, 0.1) is 28.1 Å². The van der Waals surface area contributed by atoms with Crippen LogP contribution < -0.4 is 0 Å². The summed E-state index contributed by atoms with van der Waals surface area (Å²) in [7, 11) is 2.02. The van der Waals surface area contributed by atoms with E-state index in [0.29, 0.717) is 0 Å². The van der Waals surface area contributed by atoms with Crippen LogP contribution in [-0.4, -0.2) is 20.2 Å². The molecule has 25 heavy (non-hydrogen) atoms. The molecule has 0 aliphatic heterocycles. The van der Waals surface area contributed by atoms with Crippen molar-refractivity contribution < 1.29 is 0 Å². The van der Waals surface area contributed by atoms with E-state index in [1.54, 1.807) is 0 Å². The van der Waals surface area contributed by atoms with E-state index in [0.717, 1.165) is 39.6 Å². The van der Waals surface area contributed by atoms with Crippen molar-refractivity contribution in [1.29, 1.82) is 0 Å². The predicted molar refractivity (Wildman–Crippen MR) is 102 cm³/mol. The summed E-state index contributed by atoms with van der Waals surface area (Å²) in [6.07, 6.45) is 0. The first kappa shape index (κ1) is 15.3. The monoisotopic (exact) mass is 326 g/mol. The number of aromatic nitrogens is 3. The Balaban J connectivity index is 1.76. The number of rotatable bonds is 3. The maximum atomic E-state index is 4.78. The highest BCUT2D eigenvalue weighted by Crippen LogP contribution is 2.22. The van der Waals surface area contributed by atoms with Gasteiger partial charge in [-0.05, 0) is 43.3 Å². The molecular weight excluding hydrogens is 308 g/mol. The van der Waals surface area contributed by atoms with Gasteiger partial charge in [0.1, 0.15) is 5.69 Å². The van der Waals surface area contributed by atoms with Crippen molar-refractivity contribution in [3.8, 4) is 11.5 Å². The molecular formula is C21H18N4. The molecule has 0 saturated heterocycles. The maximum absolute atomic E-state index is 4.78. The van der Waals surface area contributed by atoms with E-state index in [1.807, 2.05) is 80.7 Å². The highest BCUT2D eigenvalue weighted by Gasteiger charge is 2.11. The number of pyridine rings is 1. The second-order valence-electron chi connectivity index (χ2n) is 5.92. The Labute approximate surface area is 146 Å². The van der Waals surface area contributed by atoms with Crippen LogP contribution in [0.2, 0.25) is 0 Å². The van der Waals surface area contributed by atoms with Gasteiger partial charge in [0.2, 0.25) is 0 Å². The summed E-state index contributed by atoms with van der Waals surface area (Å²) in [5.41, 5.74) is 5.58. The summed E-state index contributed by atoms with van der Waals surface area (Å²) < 4.78 is 2.07. The first-order valence-electron chi connectivity index (χ1n) is 8.22. The molecule has 4 aromatic rings. The molecule has 0 aliphatic rings. The molecule has 0 atom stereocenters. The Morgan fingerprint density at radius 2 is 1.60 bits per heavy atom. The Morgan fingerprint density at radius 1 is 0.840 bits per heavy atom. The number of aryl methyl sites for hydroxylation is 1. The number of nitrogens with zero attached hydrogens (tertiary/aromatic N) is 4. The number of para-hydroxylation sites is 3. The smallest absolute Gasteiger partial charge is 0.159 e. The van der Waals surface area contributed by atoms with Crippen LogP contribution in [0.1, 0.15) is 12.6 Å². The van der Waals surface area contributed by atoms with E-state index >= 15 is 0 Å². The molecule has 0 saturated carbocycles. The lowest BCUT2D eigenvalue weighted by Gasteiger charge is -2.05. The summed E-state index contributed by atoms with van der Waals surface area (Å²) in [6.45, 7) is 1.98. The molecule has 0 aliphatic carbocycles. The van der Waals surface area contributed by atoms with E-state index in [9.17, 15) is 0 Å². The van der Waals surface area contributed by atoms with Gasteiger partial charge in [0, 0.05) is 7.05 Å². The highest BCUT2D eigenvalue weighted by molar-refractivity contribution is 5.99. The van der Waals surface area contributed by atoms with Crippen LogP contribution >= 0.6 is 0 Å². The molecule has 0 unspecified atom stereocenters. The van der Waals surface area contributed by atoms with Gasteiger partial charge in [0.15, 0.2) is 5.82 Å². The highest BCUT2D eigenvalue weighted by atomic mass is 15.1. The summed E-state index contributed by atoms with van der Waals surface area (Å²) in [6, 6.07) is 24.0. The second-order valence-corrected chi connectivity index (χ2v) is 5.92. The SMILES string of the molecule is CC(=Nc1ccccc1)c1cccc(-c2nc3ccccc3n2C)n1. The second kappa shape index (κ2) is 6.32. The Bertz CT molecular complexity index is 1060. The fourth-order valence-corrected chi connectivity index (χ4v) is 2.89. The number of imidazole rings is 1. The van der Waals surface area contributed by atoms with Gasteiger partial charge in [-0.15, -0.1) is 0 Å². The van der Waals surface area contributed by atoms with Gasteiger partial charge in [-0.2, -0.15) is 0 Å². The van der Waals surface area contributed by atoms with Crippen molar-refractivity contribution in [2.45, 2.75) is 6.92 Å². The van der Waals surface area contributed by atoms with Crippen LogP contribution in [0.25, 0.3) is 22.6 Å². The van der Waals surface area contributed by atoms with Crippen LogP contribution in [-0.2, 0) is 7.05 Å². The number of aliphatic imine (C=N–C) groups is 1. The number of hydrogen-bond donors (Lipinski definition) is 0. The standard InChI is InChI=1S/C21H18N4/c1-15(22-16-9-4-3-5-10-16)17-12-8-13-19(23-17)21-24-18-11-6-7-14-20(18)25(21)2/h3-14H,1-2H3. The van der Waals surface area contributed by atoms with E-state index < -0.39 is 0 Å². The lowest BCUT2D eigenvalue weighted by molar-refractivity contribution is 0.949. The molecule has 0 radical (unpaired) electrons. The van der Waals surface area contributed by atoms with E-state index in [4.69, 9.17) is 9.97 Å². The molecule has 0 fully saturated rings. The predicted octanol–water partition coefficient (Wildman–Crippen LogP) is 4.78. The third-order valence-corrected chi connectivity index (χ3v) is 4.19. The van der Waals surface area contributed by atoms with Crippen LogP contribution in [0.3, 0.4) is 0 Å². The first-order chi connectivity index (χ1) is 12.2. The van der Waals surface area contributed by atoms with E-state index in [2.05, 4.69) is 15.6 Å². The van der Waals surface area contributed by atoms with Crippen LogP contribution in [0, 0.1) is 0 Å². The summed E-state index contributed by atoms with van der Waals surface area (Å²) in [5, 5.41) is 0. The van der Waals surface area contributed by atoms with Crippen molar-refractivity contribution in [2.75, 3.05) is 0 Å². The number of hydrogen-bond acceptors (Lipinski definition) is 3. The maximum Gasteiger partial charge on any atom is 0.159 e. The molecule has 0 spiro atoms. The van der Waals surface area contributed by atoms with E-state index in [-0.39, 0.29) is 0 Å². The lowest BCUT2D eigenvalue weighted by Crippen LogP contribution is -2.01. The minimum Gasteiger partial charge on any atom is -0.326 e. The van der Waals surface area contributed by atoms with Gasteiger partial charge in [-0.3, -0.25) is 4.99 Å². The normalized spacial score (nSPS) is 11.8. The van der Waals surface area contributed by atoms with Crippen LogP contribution in [0.15, 0.2) is 77.8 Å². The molecule has 4 heteroatoms. The molecule has 2 heterocycles. The fraction of sp³-hybridized carbons (Fsp3) is 0.0952. The molecule has 0 amide bonds. The third-order valence-electron chi connectivity index (χ3n) is 4.19. The van der Waals surface area contributed by atoms with Crippen LogP contribution in [0.5, 0.6) is 0 Å². The molecule has 2 aromatic carbocycles.